The first-order valence-electron chi connectivity index (χ1n) is 10.8. The topological polar surface area (TPSA) is 113 Å². The highest BCUT2D eigenvalue weighted by Crippen LogP contribution is 2.40. The standard InChI is InChI=1S/C25H27N3O6/c1-4-16-34-20-12-8-18(9-13-20)23(29)21-22(17-6-10-19(11-7-17)28(32)33)27(25(31)24(21)30)15-5-14-26(2)3/h4,6-13,22,29H,1,5,14-16H2,2-3H3/b23-21+/t22-/m1/s1. The SMILES string of the molecule is C=CCOc1ccc(/C(O)=C2\C(=O)C(=O)N(CCCN(C)C)[C@@H]2c2ccc([N+](=O)[O-])cc2)cc1. The molecular weight excluding hydrogens is 438 g/mol. The molecule has 2 aromatic rings. The van der Waals surface area contributed by atoms with Gasteiger partial charge in [0.05, 0.1) is 16.5 Å². The minimum Gasteiger partial charge on any atom is -0.507 e. The van der Waals surface area contributed by atoms with Crippen LogP contribution in [0.1, 0.15) is 23.6 Å². The number of non-ortho nitro benzene ring substituents is 1. The van der Waals surface area contributed by atoms with E-state index in [2.05, 4.69) is 6.58 Å². The van der Waals surface area contributed by atoms with E-state index >= 15 is 0 Å². The van der Waals surface area contributed by atoms with Gasteiger partial charge in [-0.3, -0.25) is 19.7 Å². The van der Waals surface area contributed by atoms with Gasteiger partial charge >= 0.3 is 0 Å². The van der Waals surface area contributed by atoms with Gasteiger partial charge in [-0.25, -0.2) is 0 Å². The summed E-state index contributed by atoms with van der Waals surface area (Å²) in [5.41, 5.74) is 0.693. The van der Waals surface area contributed by atoms with Crippen molar-refractivity contribution in [3.8, 4) is 5.75 Å². The Morgan fingerprint density at radius 2 is 1.82 bits per heavy atom. The van der Waals surface area contributed by atoms with E-state index in [4.69, 9.17) is 4.74 Å². The molecule has 0 aliphatic carbocycles. The number of Topliss-reactive ketones (excluding diaryl/α,β-unsaturated/α-hetero) is 1. The van der Waals surface area contributed by atoms with E-state index in [1.165, 1.54) is 29.2 Å². The van der Waals surface area contributed by atoms with E-state index in [1.54, 1.807) is 30.3 Å². The molecule has 34 heavy (non-hydrogen) atoms. The number of nitrogens with zero attached hydrogens (tertiary/aromatic N) is 3. The van der Waals surface area contributed by atoms with Crippen LogP contribution < -0.4 is 4.74 Å². The second-order valence-electron chi connectivity index (χ2n) is 8.12. The third kappa shape index (κ3) is 5.32. The van der Waals surface area contributed by atoms with Crippen molar-refractivity contribution in [3.05, 3.63) is 88.0 Å². The molecular formula is C25H27N3O6. The average molecular weight is 466 g/mol. The summed E-state index contributed by atoms with van der Waals surface area (Å²) in [6.07, 6.45) is 2.22. The van der Waals surface area contributed by atoms with Crippen LogP contribution in [0.15, 0.2) is 66.8 Å². The zero-order chi connectivity index (χ0) is 24.8. The molecule has 1 fully saturated rings. The second-order valence-corrected chi connectivity index (χ2v) is 8.12. The van der Waals surface area contributed by atoms with Crippen LogP contribution in [0.3, 0.4) is 0 Å². The highest BCUT2D eigenvalue weighted by molar-refractivity contribution is 6.46. The maximum atomic E-state index is 13.0. The molecule has 178 valence electrons. The van der Waals surface area contributed by atoms with Crippen LogP contribution in [0.5, 0.6) is 5.75 Å². The first-order chi connectivity index (χ1) is 16.2. The van der Waals surface area contributed by atoms with Crippen LogP contribution >= 0.6 is 0 Å². The quantitative estimate of drug-likeness (QED) is 0.143. The first kappa shape index (κ1) is 24.7. The monoisotopic (exact) mass is 465 g/mol. The second kappa shape index (κ2) is 10.8. The van der Waals surface area contributed by atoms with Gasteiger partial charge in [0.15, 0.2) is 0 Å². The number of hydrogen-bond donors (Lipinski definition) is 1. The zero-order valence-corrected chi connectivity index (χ0v) is 19.1. The van der Waals surface area contributed by atoms with E-state index in [0.29, 0.717) is 36.4 Å². The van der Waals surface area contributed by atoms with Gasteiger partial charge < -0.3 is 19.6 Å². The lowest BCUT2D eigenvalue weighted by atomic mass is 9.95. The Bertz CT molecular complexity index is 1110. The lowest BCUT2D eigenvalue weighted by molar-refractivity contribution is -0.384. The van der Waals surface area contributed by atoms with Gasteiger partial charge in [-0.15, -0.1) is 0 Å². The van der Waals surface area contributed by atoms with Crippen LogP contribution in [-0.4, -0.2) is 65.3 Å². The molecule has 9 nitrogen and oxygen atoms in total. The van der Waals surface area contributed by atoms with Gasteiger partial charge in [-0.2, -0.15) is 0 Å². The molecule has 1 N–H and O–H groups in total. The van der Waals surface area contributed by atoms with Crippen LogP contribution in [0, 0.1) is 10.1 Å². The number of nitro benzene ring substituents is 1. The van der Waals surface area contributed by atoms with Gasteiger partial charge in [0.2, 0.25) is 0 Å². The molecule has 0 unspecified atom stereocenters. The fraction of sp³-hybridized carbons (Fsp3) is 0.280. The number of carbonyl (C=O) groups excluding carboxylic acids is 2. The van der Waals surface area contributed by atoms with Crippen molar-refractivity contribution in [2.45, 2.75) is 12.5 Å². The van der Waals surface area contributed by atoms with E-state index in [-0.39, 0.29) is 23.6 Å². The fourth-order valence-corrected chi connectivity index (χ4v) is 3.81. The van der Waals surface area contributed by atoms with Crippen molar-refractivity contribution in [1.82, 2.24) is 9.80 Å². The average Bonchev–Trinajstić information content (AvgIpc) is 3.07. The molecule has 1 saturated heterocycles. The van der Waals surface area contributed by atoms with Gasteiger partial charge in [-0.1, -0.05) is 12.7 Å². The van der Waals surface area contributed by atoms with E-state index in [0.717, 1.165) is 0 Å². The third-order valence-electron chi connectivity index (χ3n) is 5.46. The summed E-state index contributed by atoms with van der Waals surface area (Å²) in [5.74, 6) is -1.26. The normalized spacial score (nSPS) is 17.3. The Labute approximate surface area is 197 Å². The lowest BCUT2D eigenvalue weighted by Crippen LogP contribution is -2.32. The van der Waals surface area contributed by atoms with Crippen molar-refractivity contribution >= 4 is 23.1 Å². The van der Waals surface area contributed by atoms with Crippen molar-refractivity contribution in [1.29, 1.82) is 0 Å². The molecule has 1 aliphatic heterocycles. The Hall–Kier alpha value is -3.98. The van der Waals surface area contributed by atoms with Crippen LogP contribution in [0.4, 0.5) is 5.69 Å². The largest absolute Gasteiger partial charge is 0.507 e. The number of nitro groups is 1. The summed E-state index contributed by atoms with van der Waals surface area (Å²) >= 11 is 0. The highest BCUT2D eigenvalue weighted by Gasteiger charge is 2.45. The number of ketones is 1. The highest BCUT2D eigenvalue weighted by atomic mass is 16.6. The molecule has 0 radical (unpaired) electrons. The summed E-state index contributed by atoms with van der Waals surface area (Å²) in [5, 5.41) is 22.2. The minimum absolute atomic E-state index is 0.0523. The Kier molecular flexibility index (Phi) is 7.80. The number of hydrogen-bond acceptors (Lipinski definition) is 7. The van der Waals surface area contributed by atoms with Crippen molar-refractivity contribution in [3.63, 3.8) is 0 Å². The smallest absolute Gasteiger partial charge is 0.295 e. The van der Waals surface area contributed by atoms with Crippen molar-refractivity contribution < 1.29 is 24.4 Å². The number of carbonyl (C=O) groups is 2. The summed E-state index contributed by atoms with van der Waals surface area (Å²) in [7, 11) is 3.81. The fourth-order valence-electron chi connectivity index (χ4n) is 3.81. The molecule has 1 amide bonds. The first-order valence-corrected chi connectivity index (χ1v) is 10.8. The Morgan fingerprint density at radius 3 is 2.38 bits per heavy atom. The lowest BCUT2D eigenvalue weighted by Gasteiger charge is -2.26. The van der Waals surface area contributed by atoms with Crippen molar-refractivity contribution in [2.24, 2.45) is 0 Å². The molecule has 1 heterocycles. The Balaban J connectivity index is 2.04. The minimum atomic E-state index is -0.861. The summed E-state index contributed by atoms with van der Waals surface area (Å²) in [6, 6.07) is 11.3. The molecule has 0 spiro atoms. The maximum Gasteiger partial charge on any atom is 0.295 e. The maximum absolute atomic E-state index is 13.0. The van der Waals surface area contributed by atoms with Gasteiger partial charge in [0.1, 0.15) is 18.1 Å². The van der Waals surface area contributed by atoms with Gasteiger partial charge in [0.25, 0.3) is 17.4 Å². The van der Waals surface area contributed by atoms with E-state index < -0.39 is 22.7 Å². The number of likely N-dealkylation sites (tertiary alicyclic amines) is 1. The van der Waals surface area contributed by atoms with E-state index in [1.807, 2.05) is 19.0 Å². The molecule has 0 bridgehead atoms. The predicted molar refractivity (Wildman–Crippen MR) is 127 cm³/mol. The number of aliphatic hydroxyl groups excluding tert-OH is 1. The number of rotatable bonds is 10. The molecule has 0 saturated carbocycles. The molecule has 0 aromatic heterocycles. The molecule has 1 aliphatic rings. The molecule has 2 aromatic carbocycles. The number of amides is 1. The van der Waals surface area contributed by atoms with E-state index in [9.17, 15) is 24.8 Å². The summed E-state index contributed by atoms with van der Waals surface area (Å²) in [4.78, 5) is 39.9. The predicted octanol–water partition coefficient (Wildman–Crippen LogP) is 3.53. The molecule has 9 heteroatoms. The number of benzene rings is 2. The van der Waals surface area contributed by atoms with Crippen LogP contribution in [-0.2, 0) is 9.59 Å². The van der Waals surface area contributed by atoms with Gasteiger partial charge in [-0.05, 0) is 69.0 Å². The summed E-state index contributed by atoms with van der Waals surface area (Å²) < 4.78 is 5.45. The van der Waals surface area contributed by atoms with Crippen LogP contribution in [0.25, 0.3) is 5.76 Å². The van der Waals surface area contributed by atoms with Crippen molar-refractivity contribution in [2.75, 3.05) is 33.8 Å². The van der Waals surface area contributed by atoms with Crippen LogP contribution in [0.2, 0.25) is 0 Å². The Morgan fingerprint density at radius 1 is 1.18 bits per heavy atom. The third-order valence-corrected chi connectivity index (χ3v) is 5.46. The summed E-state index contributed by atoms with van der Waals surface area (Å²) in [6.45, 7) is 4.90. The molecule has 1 atom stereocenters. The number of ether oxygens (including phenoxy) is 1. The zero-order valence-electron chi connectivity index (χ0n) is 19.1. The number of aliphatic hydroxyl groups is 1. The van der Waals surface area contributed by atoms with Gasteiger partial charge in [0, 0.05) is 24.2 Å². The molecule has 3 rings (SSSR count).